The largest absolute Gasteiger partial charge is 0.478 e. The number of ether oxygens (including phenoxy) is 1. The van der Waals surface area contributed by atoms with Crippen LogP contribution in [0.25, 0.3) is 0 Å². The molecule has 21 heteroatoms. The Morgan fingerprint density at radius 3 is 1.29 bits per heavy atom. The molecule has 0 aromatic rings. The fourth-order valence-electron chi connectivity index (χ4n) is 2.31. The second kappa shape index (κ2) is 10.2. The Balaban J connectivity index is 6.34. The smallest absolute Gasteiger partial charge is 0.473 e. The molecule has 0 aliphatic heterocycles. The maximum absolute atomic E-state index is 13.6. The van der Waals surface area contributed by atoms with Crippen molar-refractivity contribution in [1.82, 2.24) is 0 Å². The summed E-state index contributed by atoms with van der Waals surface area (Å²) in [4.78, 5) is 22.2. The lowest BCUT2D eigenvalue weighted by Crippen LogP contribution is -2.74. The van der Waals surface area contributed by atoms with E-state index in [2.05, 4.69) is 4.74 Å². The van der Waals surface area contributed by atoms with Crippen LogP contribution >= 0.6 is 0 Å². The SMILES string of the molecule is CC(C)C=C(CCC(=O)OC(F)(F)C(F)(F)C(F)(F)C(F)(F)C(F)(F)C(F)(F)C(F)(F)C(F)(F)F)C(=O)O. The molecule has 38 heavy (non-hydrogen) atoms. The van der Waals surface area contributed by atoms with E-state index in [4.69, 9.17) is 5.11 Å². The van der Waals surface area contributed by atoms with Crippen molar-refractivity contribution in [3.63, 3.8) is 0 Å². The molecule has 1 N–H and O–H groups in total. The normalized spacial score (nSPS) is 15.6. The number of carbonyl (C=O) groups excluding carboxylic acids is 1. The molecule has 0 amide bonds. The number of alkyl halides is 17. The highest BCUT2D eigenvalue weighted by atomic mass is 19.4. The van der Waals surface area contributed by atoms with Crippen LogP contribution < -0.4 is 0 Å². The standard InChI is InChI=1S/C17H13F17O4/c1-6(2)5-7(9(36)37)3-4-8(35)38-17(33,34)15(28,29)13(24,25)11(20,21)10(18,19)12(22,23)14(26,27)16(30,31)32/h5-6H,3-4H2,1-2H3,(H,36,37). The molecule has 0 fully saturated rings. The van der Waals surface area contributed by atoms with E-state index in [1.165, 1.54) is 13.8 Å². The first-order chi connectivity index (χ1) is 16.4. The van der Waals surface area contributed by atoms with Gasteiger partial charge in [-0.3, -0.25) is 4.79 Å². The molecule has 0 aliphatic carbocycles. The average Bonchev–Trinajstić information content (AvgIpc) is 2.68. The van der Waals surface area contributed by atoms with Crippen LogP contribution in [0.3, 0.4) is 0 Å². The zero-order valence-electron chi connectivity index (χ0n) is 18.2. The van der Waals surface area contributed by atoms with E-state index in [1.807, 2.05) is 0 Å². The van der Waals surface area contributed by atoms with Crippen LogP contribution in [0.1, 0.15) is 26.7 Å². The summed E-state index contributed by atoms with van der Waals surface area (Å²) in [6.45, 7) is 2.67. The lowest BCUT2D eigenvalue weighted by atomic mass is 9.90. The quantitative estimate of drug-likeness (QED) is 0.149. The lowest BCUT2D eigenvalue weighted by molar-refractivity contribution is -0.474. The average molecular weight is 604 g/mol. The van der Waals surface area contributed by atoms with Crippen LogP contribution in [-0.4, -0.2) is 64.9 Å². The first-order valence-corrected chi connectivity index (χ1v) is 9.24. The van der Waals surface area contributed by atoms with Crippen molar-refractivity contribution in [2.75, 3.05) is 0 Å². The summed E-state index contributed by atoms with van der Waals surface area (Å²) in [5.41, 5.74) is -0.781. The number of esters is 1. The zero-order valence-corrected chi connectivity index (χ0v) is 18.2. The number of carbonyl (C=O) groups is 2. The summed E-state index contributed by atoms with van der Waals surface area (Å²) < 4.78 is 226. The zero-order chi connectivity index (χ0) is 31.1. The third-order valence-corrected chi connectivity index (χ3v) is 4.34. The van der Waals surface area contributed by atoms with Gasteiger partial charge in [-0.2, -0.15) is 74.6 Å². The molecular formula is C17H13F17O4. The van der Waals surface area contributed by atoms with Gasteiger partial charge in [0.05, 0.1) is 0 Å². The summed E-state index contributed by atoms with van der Waals surface area (Å²) in [6.07, 6.45) is -17.2. The van der Waals surface area contributed by atoms with Crippen molar-refractivity contribution in [2.24, 2.45) is 5.92 Å². The Kier molecular flexibility index (Phi) is 9.56. The Labute approximate surface area is 199 Å². The van der Waals surface area contributed by atoms with E-state index in [0.717, 1.165) is 6.08 Å². The molecule has 0 unspecified atom stereocenters. The Morgan fingerprint density at radius 2 is 0.974 bits per heavy atom. The van der Waals surface area contributed by atoms with Crippen LogP contribution in [-0.2, 0) is 14.3 Å². The minimum absolute atomic E-state index is 0.603. The number of carboxylic acid groups (broad SMARTS) is 1. The van der Waals surface area contributed by atoms with Crippen LogP contribution in [0.2, 0.25) is 0 Å². The molecule has 0 spiro atoms. The second-order valence-electron chi connectivity index (χ2n) is 7.68. The maximum Gasteiger partial charge on any atom is 0.473 e. The molecule has 0 saturated heterocycles. The Hall–Kier alpha value is -2.51. The highest BCUT2D eigenvalue weighted by molar-refractivity contribution is 5.87. The van der Waals surface area contributed by atoms with Gasteiger partial charge in [-0.15, -0.1) is 0 Å². The summed E-state index contributed by atoms with van der Waals surface area (Å²) in [6, 6.07) is 0. The van der Waals surface area contributed by atoms with Crippen LogP contribution in [0, 0.1) is 5.92 Å². The number of hydrogen-bond donors (Lipinski definition) is 1. The van der Waals surface area contributed by atoms with E-state index in [-0.39, 0.29) is 0 Å². The molecule has 0 heterocycles. The maximum atomic E-state index is 13.6. The number of allylic oxidation sites excluding steroid dienone is 1. The fourth-order valence-corrected chi connectivity index (χ4v) is 2.31. The summed E-state index contributed by atoms with van der Waals surface area (Å²) >= 11 is 0. The van der Waals surface area contributed by atoms with Crippen molar-refractivity contribution >= 4 is 11.9 Å². The molecule has 0 aromatic carbocycles. The van der Waals surface area contributed by atoms with E-state index >= 15 is 0 Å². The van der Waals surface area contributed by atoms with Crippen molar-refractivity contribution in [2.45, 2.75) is 74.5 Å². The topological polar surface area (TPSA) is 63.6 Å². The highest BCUT2D eigenvalue weighted by Crippen LogP contribution is 2.64. The summed E-state index contributed by atoms with van der Waals surface area (Å²) in [5.74, 6) is -56.5. The minimum atomic E-state index is -8.80. The third kappa shape index (κ3) is 5.74. The molecule has 0 rings (SSSR count). The van der Waals surface area contributed by atoms with Gasteiger partial charge in [0.15, 0.2) is 0 Å². The summed E-state index contributed by atoms with van der Waals surface area (Å²) in [7, 11) is 0. The molecular weight excluding hydrogens is 591 g/mol. The van der Waals surface area contributed by atoms with Crippen molar-refractivity contribution in [3.05, 3.63) is 11.6 Å². The van der Waals surface area contributed by atoms with Gasteiger partial charge in [0, 0.05) is 12.0 Å². The first-order valence-electron chi connectivity index (χ1n) is 9.24. The van der Waals surface area contributed by atoms with E-state index < -0.39 is 84.1 Å². The summed E-state index contributed by atoms with van der Waals surface area (Å²) in [5, 5.41) is 8.82. The Bertz CT molecular complexity index is 918. The van der Waals surface area contributed by atoms with Gasteiger partial charge < -0.3 is 9.84 Å². The molecule has 224 valence electrons. The highest BCUT2D eigenvalue weighted by Gasteiger charge is 2.95. The molecule has 0 radical (unpaired) electrons. The fraction of sp³-hybridized carbons (Fsp3) is 0.765. The molecule has 0 bridgehead atoms. The van der Waals surface area contributed by atoms with Gasteiger partial charge in [-0.05, 0) is 12.3 Å². The van der Waals surface area contributed by atoms with E-state index in [9.17, 15) is 84.2 Å². The number of aliphatic carboxylic acids is 1. The number of hydrogen-bond acceptors (Lipinski definition) is 3. The van der Waals surface area contributed by atoms with Gasteiger partial charge in [0.1, 0.15) is 0 Å². The van der Waals surface area contributed by atoms with Crippen molar-refractivity contribution in [1.29, 1.82) is 0 Å². The van der Waals surface area contributed by atoms with Crippen LogP contribution in [0.15, 0.2) is 11.6 Å². The van der Waals surface area contributed by atoms with Gasteiger partial charge in [-0.25, -0.2) is 4.79 Å². The molecule has 4 nitrogen and oxygen atoms in total. The van der Waals surface area contributed by atoms with E-state index in [0.29, 0.717) is 0 Å². The van der Waals surface area contributed by atoms with Gasteiger partial charge in [0.25, 0.3) is 0 Å². The van der Waals surface area contributed by atoms with Gasteiger partial charge in [0.2, 0.25) is 0 Å². The molecule has 0 atom stereocenters. The number of carboxylic acids is 1. The van der Waals surface area contributed by atoms with Gasteiger partial charge >= 0.3 is 59.8 Å². The third-order valence-electron chi connectivity index (χ3n) is 4.34. The van der Waals surface area contributed by atoms with Crippen LogP contribution in [0.5, 0.6) is 0 Å². The van der Waals surface area contributed by atoms with Gasteiger partial charge in [-0.1, -0.05) is 19.9 Å². The second-order valence-corrected chi connectivity index (χ2v) is 7.68. The number of rotatable bonds is 12. The van der Waals surface area contributed by atoms with Crippen molar-refractivity contribution < 1.29 is 94.1 Å². The minimum Gasteiger partial charge on any atom is -0.478 e. The first kappa shape index (κ1) is 35.5. The molecule has 0 aliphatic rings. The van der Waals surface area contributed by atoms with Crippen molar-refractivity contribution in [3.8, 4) is 0 Å². The predicted molar refractivity (Wildman–Crippen MR) is 86.6 cm³/mol. The predicted octanol–water partition coefficient (Wildman–Crippen LogP) is 6.94. The number of halogens is 17. The Morgan fingerprint density at radius 1 is 0.632 bits per heavy atom. The molecule has 0 aromatic heterocycles. The van der Waals surface area contributed by atoms with Crippen LogP contribution in [0.4, 0.5) is 74.6 Å². The lowest BCUT2D eigenvalue weighted by Gasteiger charge is -2.42. The molecule has 0 saturated carbocycles. The van der Waals surface area contributed by atoms with E-state index in [1.54, 1.807) is 0 Å². The monoisotopic (exact) mass is 604 g/mol.